The summed E-state index contributed by atoms with van der Waals surface area (Å²) >= 11 is 7.30. The Hall–Kier alpha value is -1.92. The molecule has 0 fully saturated rings. The first kappa shape index (κ1) is 15.5. The number of carbonyl (C=O) groups is 2. The molecule has 7 heteroatoms. The third-order valence-electron chi connectivity index (χ3n) is 2.83. The predicted molar refractivity (Wildman–Crippen MR) is 81.9 cm³/mol. The van der Waals surface area contributed by atoms with E-state index in [2.05, 4.69) is 10.3 Å². The van der Waals surface area contributed by atoms with Crippen LogP contribution in [-0.4, -0.2) is 28.0 Å². The van der Waals surface area contributed by atoms with Crippen LogP contribution in [0.3, 0.4) is 0 Å². The highest BCUT2D eigenvalue weighted by molar-refractivity contribution is 7.17. The lowest BCUT2D eigenvalue weighted by molar-refractivity contribution is -0.138. The number of carbonyl (C=O) groups excluding carboxylic acids is 1. The van der Waals surface area contributed by atoms with Gasteiger partial charge in [0.1, 0.15) is 15.9 Å². The molecule has 1 amide bonds. The van der Waals surface area contributed by atoms with Gasteiger partial charge in [-0.05, 0) is 19.9 Å². The number of carboxylic acid groups (broad SMARTS) is 1. The van der Waals surface area contributed by atoms with E-state index in [1.807, 2.05) is 18.2 Å². The summed E-state index contributed by atoms with van der Waals surface area (Å²) in [5, 5.41) is 12.4. The Balaban J connectivity index is 2.30. The van der Waals surface area contributed by atoms with Gasteiger partial charge >= 0.3 is 5.97 Å². The number of aryl methyl sites for hydroxylation is 1. The lowest BCUT2D eigenvalue weighted by Gasteiger charge is -2.07. The van der Waals surface area contributed by atoms with Gasteiger partial charge in [-0.1, -0.05) is 29.8 Å². The van der Waals surface area contributed by atoms with E-state index in [0.717, 1.165) is 5.56 Å². The summed E-state index contributed by atoms with van der Waals surface area (Å²) in [7, 11) is 0. The van der Waals surface area contributed by atoms with Gasteiger partial charge in [0.2, 0.25) is 0 Å². The number of hydrogen-bond donors (Lipinski definition) is 2. The summed E-state index contributed by atoms with van der Waals surface area (Å²) in [6.07, 6.45) is 0. The van der Waals surface area contributed by atoms with Crippen LogP contribution < -0.4 is 5.32 Å². The standard InChI is InChI=1S/C14H13ClN2O3S/c1-7-11(12(18)16-8(2)14(19)20)21-13(17-7)9-5-3-4-6-10(9)15/h3-6,8H,1-2H3,(H,16,18)(H,19,20). The van der Waals surface area contributed by atoms with E-state index in [4.69, 9.17) is 16.7 Å². The van der Waals surface area contributed by atoms with Crippen LogP contribution in [0.15, 0.2) is 24.3 Å². The van der Waals surface area contributed by atoms with Gasteiger partial charge in [-0.3, -0.25) is 9.59 Å². The van der Waals surface area contributed by atoms with Gasteiger partial charge in [0.05, 0.1) is 10.7 Å². The molecule has 0 bridgehead atoms. The Bertz CT molecular complexity index is 699. The average Bonchev–Trinajstić information content (AvgIpc) is 2.81. The van der Waals surface area contributed by atoms with Gasteiger partial charge in [0.25, 0.3) is 5.91 Å². The SMILES string of the molecule is Cc1nc(-c2ccccc2Cl)sc1C(=O)NC(C)C(=O)O. The first-order valence-electron chi connectivity index (χ1n) is 6.16. The molecule has 0 aliphatic rings. The van der Waals surface area contributed by atoms with Crippen molar-refractivity contribution in [3.63, 3.8) is 0 Å². The van der Waals surface area contributed by atoms with Crippen LogP contribution in [0, 0.1) is 6.92 Å². The second-order valence-electron chi connectivity index (χ2n) is 4.45. The van der Waals surface area contributed by atoms with Crippen LogP contribution in [0.25, 0.3) is 10.6 Å². The summed E-state index contributed by atoms with van der Waals surface area (Å²) < 4.78 is 0. The number of halogens is 1. The van der Waals surface area contributed by atoms with Crippen molar-refractivity contribution in [3.8, 4) is 10.6 Å². The fourth-order valence-electron chi connectivity index (χ4n) is 1.68. The Morgan fingerprint density at radius 3 is 2.67 bits per heavy atom. The van der Waals surface area contributed by atoms with Crippen molar-refractivity contribution < 1.29 is 14.7 Å². The lowest BCUT2D eigenvalue weighted by Crippen LogP contribution is -2.38. The van der Waals surface area contributed by atoms with Crippen molar-refractivity contribution in [2.75, 3.05) is 0 Å². The molecule has 2 N–H and O–H groups in total. The zero-order valence-electron chi connectivity index (χ0n) is 11.4. The molecule has 0 aliphatic carbocycles. The number of nitrogens with zero attached hydrogens (tertiary/aromatic N) is 1. The highest BCUT2D eigenvalue weighted by Crippen LogP contribution is 2.32. The number of aromatic nitrogens is 1. The van der Waals surface area contributed by atoms with E-state index >= 15 is 0 Å². The second-order valence-corrected chi connectivity index (χ2v) is 5.85. The maximum atomic E-state index is 12.1. The summed E-state index contributed by atoms with van der Waals surface area (Å²) in [6, 6.07) is 6.27. The Kier molecular flexibility index (Phi) is 4.59. The van der Waals surface area contributed by atoms with Gasteiger partial charge in [0, 0.05) is 5.56 Å². The molecule has 5 nitrogen and oxygen atoms in total. The number of amides is 1. The third kappa shape index (κ3) is 3.40. The molecule has 1 aromatic carbocycles. The maximum absolute atomic E-state index is 12.1. The summed E-state index contributed by atoms with van der Waals surface area (Å²) in [6.45, 7) is 3.11. The fraction of sp³-hybridized carbons (Fsp3) is 0.214. The van der Waals surface area contributed by atoms with Gasteiger partial charge in [-0.25, -0.2) is 4.98 Å². The highest BCUT2D eigenvalue weighted by atomic mass is 35.5. The highest BCUT2D eigenvalue weighted by Gasteiger charge is 2.21. The molecule has 1 heterocycles. The normalized spacial score (nSPS) is 12.0. The number of nitrogens with one attached hydrogen (secondary N) is 1. The first-order valence-corrected chi connectivity index (χ1v) is 7.35. The number of benzene rings is 1. The molecule has 0 aliphatic heterocycles. The minimum atomic E-state index is -1.09. The van der Waals surface area contributed by atoms with Crippen molar-refractivity contribution in [3.05, 3.63) is 39.9 Å². The van der Waals surface area contributed by atoms with E-state index in [1.165, 1.54) is 18.3 Å². The topological polar surface area (TPSA) is 79.3 Å². The summed E-state index contributed by atoms with van der Waals surface area (Å²) in [5.74, 6) is -1.53. The smallest absolute Gasteiger partial charge is 0.325 e. The zero-order chi connectivity index (χ0) is 15.6. The van der Waals surface area contributed by atoms with Gasteiger partial charge in [0.15, 0.2) is 0 Å². The van der Waals surface area contributed by atoms with Crippen molar-refractivity contribution in [2.24, 2.45) is 0 Å². The molecule has 0 saturated carbocycles. The second kappa shape index (κ2) is 6.24. The zero-order valence-corrected chi connectivity index (χ0v) is 13.0. The van der Waals surface area contributed by atoms with E-state index in [1.54, 1.807) is 13.0 Å². The third-order valence-corrected chi connectivity index (χ3v) is 4.34. The van der Waals surface area contributed by atoms with Crippen molar-refractivity contribution >= 4 is 34.8 Å². The molecular weight excluding hydrogens is 312 g/mol. The average molecular weight is 325 g/mol. The molecular formula is C14H13ClN2O3S. The molecule has 0 spiro atoms. The Morgan fingerprint density at radius 1 is 1.38 bits per heavy atom. The number of hydrogen-bond acceptors (Lipinski definition) is 4. The minimum Gasteiger partial charge on any atom is -0.480 e. The van der Waals surface area contributed by atoms with Crippen molar-refractivity contribution in [2.45, 2.75) is 19.9 Å². The molecule has 1 aromatic heterocycles. The Morgan fingerprint density at radius 2 is 2.05 bits per heavy atom. The molecule has 1 unspecified atom stereocenters. The van der Waals surface area contributed by atoms with Gasteiger partial charge in [-0.2, -0.15) is 0 Å². The van der Waals surface area contributed by atoms with E-state index in [0.29, 0.717) is 20.6 Å². The van der Waals surface area contributed by atoms with Crippen LogP contribution in [0.2, 0.25) is 5.02 Å². The minimum absolute atomic E-state index is 0.387. The molecule has 2 rings (SSSR count). The first-order chi connectivity index (χ1) is 9.90. The van der Waals surface area contributed by atoms with Gasteiger partial charge in [-0.15, -0.1) is 11.3 Å². The van der Waals surface area contributed by atoms with Crippen molar-refractivity contribution in [1.82, 2.24) is 10.3 Å². The predicted octanol–water partition coefficient (Wildman–Crippen LogP) is 2.97. The van der Waals surface area contributed by atoms with Crippen LogP contribution in [0.5, 0.6) is 0 Å². The van der Waals surface area contributed by atoms with E-state index in [-0.39, 0.29) is 0 Å². The largest absolute Gasteiger partial charge is 0.480 e. The molecule has 2 aromatic rings. The quantitative estimate of drug-likeness (QED) is 0.906. The number of carboxylic acids is 1. The molecule has 110 valence electrons. The van der Waals surface area contributed by atoms with E-state index < -0.39 is 17.9 Å². The van der Waals surface area contributed by atoms with E-state index in [9.17, 15) is 9.59 Å². The lowest BCUT2D eigenvalue weighted by atomic mass is 10.2. The van der Waals surface area contributed by atoms with Gasteiger partial charge < -0.3 is 10.4 Å². The number of aliphatic carboxylic acids is 1. The van der Waals surface area contributed by atoms with Crippen molar-refractivity contribution in [1.29, 1.82) is 0 Å². The maximum Gasteiger partial charge on any atom is 0.325 e. The number of rotatable bonds is 4. The fourth-order valence-corrected chi connectivity index (χ4v) is 2.97. The van der Waals surface area contributed by atoms with Crippen LogP contribution >= 0.6 is 22.9 Å². The number of thiazole rings is 1. The molecule has 0 saturated heterocycles. The van der Waals surface area contributed by atoms with Crippen LogP contribution in [-0.2, 0) is 4.79 Å². The van der Waals surface area contributed by atoms with Crippen LogP contribution in [0.1, 0.15) is 22.3 Å². The molecule has 21 heavy (non-hydrogen) atoms. The Labute approximate surface area is 130 Å². The summed E-state index contributed by atoms with van der Waals surface area (Å²) in [4.78, 5) is 27.6. The molecule has 1 atom stereocenters. The summed E-state index contributed by atoms with van der Waals surface area (Å²) in [5.41, 5.74) is 1.29. The van der Waals surface area contributed by atoms with Crippen LogP contribution in [0.4, 0.5) is 0 Å². The monoisotopic (exact) mass is 324 g/mol. The molecule has 0 radical (unpaired) electrons.